The van der Waals surface area contributed by atoms with Crippen molar-refractivity contribution >= 4 is 35.5 Å². The highest BCUT2D eigenvalue weighted by Crippen LogP contribution is 2.37. The van der Waals surface area contributed by atoms with Crippen molar-refractivity contribution in [2.75, 3.05) is 20.3 Å². The number of nitrogens with zero attached hydrogens (tertiary/aromatic N) is 1. The van der Waals surface area contributed by atoms with Crippen LogP contribution in [0.15, 0.2) is 77.4 Å². The van der Waals surface area contributed by atoms with E-state index in [0.29, 0.717) is 23.5 Å². The van der Waals surface area contributed by atoms with Crippen LogP contribution in [0.4, 0.5) is 0 Å². The summed E-state index contributed by atoms with van der Waals surface area (Å²) < 4.78 is 21.1. The number of halogens is 1. The summed E-state index contributed by atoms with van der Waals surface area (Å²) in [5.74, 6) is -0.384. The fourth-order valence-corrected chi connectivity index (χ4v) is 3.66. The molecular formula is C27H22ClNO6. The zero-order valence-corrected chi connectivity index (χ0v) is 19.9. The highest BCUT2D eigenvalue weighted by atomic mass is 35.5. The number of rotatable bonds is 8. The van der Waals surface area contributed by atoms with E-state index in [2.05, 4.69) is 9.73 Å². The molecule has 3 aromatic rings. The molecule has 0 aromatic heterocycles. The van der Waals surface area contributed by atoms with Gasteiger partial charge in [0.15, 0.2) is 23.8 Å². The average molecular weight is 492 g/mol. The Balaban J connectivity index is 1.59. The van der Waals surface area contributed by atoms with Crippen molar-refractivity contribution in [1.29, 1.82) is 0 Å². The largest absolute Gasteiger partial charge is 0.490 e. The Kier molecular flexibility index (Phi) is 7.48. The number of methoxy groups -OCH3 is 1. The molecule has 0 saturated heterocycles. The normalized spacial score (nSPS) is 13.9. The summed E-state index contributed by atoms with van der Waals surface area (Å²) in [5, 5.41) is 0.207. The summed E-state index contributed by atoms with van der Waals surface area (Å²) in [4.78, 5) is 28.3. The summed E-state index contributed by atoms with van der Waals surface area (Å²) in [6, 6.07) is 20.8. The van der Waals surface area contributed by atoms with E-state index < -0.39 is 11.9 Å². The molecule has 8 heteroatoms. The summed E-state index contributed by atoms with van der Waals surface area (Å²) in [7, 11) is 1.26. The third kappa shape index (κ3) is 5.70. The van der Waals surface area contributed by atoms with Gasteiger partial charge in [-0.05, 0) is 54.0 Å². The lowest BCUT2D eigenvalue weighted by Crippen LogP contribution is -2.13. The molecular weight excluding hydrogens is 470 g/mol. The standard InChI is InChI=1S/C27H22ClNO6/c1-3-33-23-15-17(13-21(28)25(23)34-16-24(30)32-2)14-22-27(31)35-26(29-22)20-11-9-19(10-12-20)18-7-5-4-6-8-18/h4-15H,3,16H2,1-2H3/b22-14-. The van der Waals surface area contributed by atoms with Crippen molar-refractivity contribution in [3.8, 4) is 22.6 Å². The van der Waals surface area contributed by atoms with Gasteiger partial charge in [-0.25, -0.2) is 14.6 Å². The molecule has 0 N–H and O–H groups in total. The smallest absolute Gasteiger partial charge is 0.363 e. The quantitative estimate of drug-likeness (QED) is 0.314. The molecule has 0 aliphatic carbocycles. The molecule has 1 aliphatic heterocycles. The van der Waals surface area contributed by atoms with E-state index in [1.54, 1.807) is 25.1 Å². The number of hydrogen-bond donors (Lipinski definition) is 0. The highest BCUT2D eigenvalue weighted by Gasteiger charge is 2.25. The second kappa shape index (κ2) is 10.9. The first-order valence-electron chi connectivity index (χ1n) is 10.8. The lowest BCUT2D eigenvalue weighted by atomic mass is 10.0. The first-order chi connectivity index (χ1) is 17.0. The van der Waals surface area contributed by atoms with Gasteiger partial charge in [0.05, 0.1) is 18.7 Å². The third-order valence-corrected chi connectivity index (χ3v) is 5.34. The van der Waals surface area contributed by atoms with Gasteiger partial charge in [0, 0.05) is 5.56 Å². The Morgan fingerprint density at radius 2 is 1.69 bits per heavy atom. The highest BCUT2D eigenvalue weighted by molar-refractivity contribution is 6.32. The van der Waals surface area contributed by atoms with E-state index in [0.717, 1.165) is 11.1 Å². The number of ether oxygens (including phenoxy) is 4. The second-order valence-electron chi connectivity index (χ2n) is 7.41. The molecule has 0 unspecified atom stereocenters. The zero-order chi connectivity index (χ0) is 24.8. The topological polar surface area (TPSA) is 83.4 Å². The Morgan fingerprint density at radius 1 is 1.00 bits per heavy atom. The molecule has 0 saturated carbocycles. The van der Waals surface area contributed by atoms with Gasteiger partial charge in [-0.1, -0.05) is 54.1 Å². The molecule has 35 heavy (non-hydrogen) atoms. The van der Waals surface area contributed by atoms with Crippen LogP contribution >= 0.6 is 11.6 Å². The van der Waals surface area contributed by atoms with Crippen LogP contribution in [-0.4, -0.2) is 38.2 Å². The van der Waals surface area contributed by atoms with Crippen LogP contribution < -0.4 is 9.47 Å². The van der Waals surface area contributed by atoms with Crippen LogP contribution in [0, 0.1) is 0 Å². The molecule has 0 radical (unpaired) electrons. The number of aliphatic imine (C=N–C) groups is 1. The number of esters is 2. The van der Waals surface area contributed by atoms with Gasteiger partial charge in [0.2, 0.25) is 5.90 Å². The van der Waals surface area contributed by atoms with E-state index >= 15 is 0 Å². The van der Waals surface area contributed by atoms with Crippen molar-refractivity contribution in [3.05, 3.63) is 88.6 Å². The molecule has 1 heterocycles. The Bertz CT molecular complexity index is 1300. The summed E-state index contributed by atoms with van der Waals surface area (Å²) in [6.45, 7) is 1.82. The molecule has 4 rings (SSSR count). The molecule has 0 amide bonds. The molecule has 0 fully saturated rings. The van der Waals surface area contributed by atoms with Crippen molar-refractivity contribution in [2.24, 2.45) is 4.99 Å². The fraction of sp³-hybridized carbons (Fsp3) is 0.148. The Hall–Kier alpha value is -4.10. The maximum atomic E-state index is 12.5. The summed E-state index contributed by atoms with van der Waals surface area (Å²) in [6.07, 6.45) is 1.55. The fourth-order valence-electron chi connectivity index (χ4n) is 3.39. The van der Waals surface area contributed by atoms with Gasteiger partial charge in [-0.15, -0.1) is 0 Å². The van der Waals surface area contributed by atoms with Gasteiger partial charge in [-0.3, -0.25) is 0 Å². The summed E-state index contributed by atoms with van der Waals surface area (Å²) >= 11 is 6.37. The predicted molar refractivity (Wildman–Crippen MR) is 133 cm³/mol. The number of hydrogen-bond acceptors (Lipinski definition) is 7. The number of cyclic esters (lactones) is 1. The molecule has 0 atom stereocenters. The predicted octanol–water partition coefficient (Wildman–Crippen LogP) is 5.30. The van der Waals surface area contributed by atoms with Gasteiger partial charge in [0.1, 0.15) is 0 Å². The average Bonchev–Trinajstić information content (AvgIpc) is 3.24. The Labute approximate surface area is 207 Å². The van der Waals surface area contributed by atoms with E-state index in [-0.39, 0.29) is 29.0 Å². The van der Waals surface area contributed by atoms with Crippen molar-refractivity contribution in [3.63, 3.8) is 0 Å². The molecule has 178 valence electrons. The SMILES string of the molecule is CCOc1cc(/C=C2\N=C(c3ccc(-c4ccccc4)cc3)OC2=O)cc(Cl)c1OCC(=O)OC. The molecule has 0 bridgehead atoms. The van der Waals surface area contributed by atoms with Gasteiger partial charge in [0.25, 0.3) is 0 Å². The molecule has 3 aromatic carbocycles. The van der Waals surface area contributed by atoms with Crippen LogP contribution in [0.5, 0.6) is 11.5 Å². The van der Waals surface area contributed by atoms with E-state index in [1.165, 1.54) is 7.11 Å². The Morgan fingerprint density at radius 3 is 2.37 bits per heavy atom. The number of carbonyl (C=O) groups is 2. The maximum Gasteiger partial charge on any atom is 0.363 e. The monoisotopic (exact) mass is 491 g/mol. The lowest BCUT2D eigenvalue weighted by Gasteiger charge is -2.13. The van der Waals surface area contributed by atoms with E-state index in [9.17, 15) is 9.59 Å². The van der Waals surface area contributed by atoms with Gasteiger partial charge in [-0.2, -0.15) is 0 Å². The van der Waals surface area contributed by atoms with E-state index in [4.69, 9.17) is 25.8 Å². The lowest BCUT2D eigenvalue weighted by molar-refractivity contribution is -0.143. The third-order valence-electron chi connectivity index (χ3n) is 5.06. The van der Waals surface area contributed by atoms with Gasteiger partial charge < -0.3 is 18.9 Å². The van der Waals surface area contributed by atoms with E-state index in [1.807, 2.05) is 54.6 Å². The minimum absolute atomic E-state index is 0.119. The first kappa shape index (κ1) is 24.0. The van der Waals surface area contributed by atoms with Gasteiger partial charge >= 0.3 is 11.9 Å². The number of carbonyl (C=O) groups excluding carboxylic acids is 2. The van der Waals surface area contributed by atoms with Crippen LogP contribution in [-0.2, 0) is 19.1 Å². The van der Waals surface area contributed by atoms with Crippen LogP contribution in [0.25, 0.3) is 17.2 Å². The minimum atomic E-state index is -0.577. The zero-order valence-electron chi connectivity index (χ0n) is 19.1. The minimum Gasteiger partial charge on any atom is -0.490 e. The van der Waals surface area contributed by atoms with Crippen LogP contribution in [0.2, 0.25) is 5.02 Å². The van der Waals surface area contributed by atoms with Crippen molar-refractivity contribution in [2.45, 2.75) is 6.92 Å². The summed E-state index contributed by atoms with van der Waals surface area (Å²) in [5.41, 5.74) is 3.49. The van der Waals surface area contributed by atoms with Crippen molar-refractivity contribution < 1.29 is 28.5 Å². The van der Waals surface area contributed by atoms with Crippen molar-refractivity contribution in [1.82, 2.24) is 0 Å². The van der Waals surface area contributed by atoms with Crippen LogP contribution in [0.3, 0.4) is 0 Å². The first-order valence-corrected chi connectivity index (χ1v) is 11.2. The second-order valence-corrected chi connectivity index (χ2v) is 7.81. The number of benzene rings is 3. The van der Waals surface area contributed by atoms with Crippen LogP contribution in [0.1, 0.15) is 18.1 Å². The molecule has 1 aliphatic rings. The molecule has 0 spiro atoms. The molecule has 7 nitrogen and oxygen atoms in total. The maximum absolute atomic E-state index is 12.5.